The zero-order chi connectivity index (χ0) is 25.1. The fourth-order valence-electron chi connectivity index (χ4n) is 5.00. The number of halogens is 1. The van der Waals surface area contributed by atoms with Gasteiger partial charge in [-0.15, -0.1) is 0 Å². The van der Waals surface area contributed by atoms with Crippen LogP contribution < -0.4 is 15.5 Å². The average Bonchev–Trinajstić information content (AvgIpc) is 2.88. The van der Waals surface area contributed by atoms with E-state index < -0.39 is 0 Å². The number of amides is 3. The van der Waals surface area contributed by atoms with Crippen LogP contribution in [0.1, 0.15) is 40.0 Å². The van der Waals surface area contributed by atoms with Crippen LogP contribution >= 0.6 is 11.6 Å². The first kappa shape index (κ1) is 24.6. The molecule has 2 heterocycles. The maximum Gasteiger partial charge on any atom is 0.255 e. The number of piperazine rings is 2. The predicted molar refractivity (Wildman–Crippen MR) is 141 cm³/mol. The lowest BCUT2D eigenvalue weighted by Gasteiger charge is -2.39. The van der Waals surface area contributed by atoms with E-state index in [-0.39, 0.29) is 23.6 Å². The van der Waals surface area contributed by atoms with Crippen LogP contribution in [0.25, 0.3) is 0 Å². The summed E-state index contributed by atoms with van der Waals surface area (Å²) in [6.07, 6.45) is 3.15. The van der Waals surface area contributed by atoms with Crippen molar-refractivity contribution in [1.82, 2.24) is 15.1 Å². The molecule has 0 radical (unpaired) electrons. The third-order valence-electron chi connectivity index (χ3n) is 7.37. The Morgan fingerprint density at radius 1 is 0.861 bits per heavy atom. The fraction of sp³-hybridized carbons (Fsp3) is 0.444. The van der Waals surface area contributed by atoms with Crippen LogP contribution in [0.15, 0.2) is 42.5 Å². The molecule has 0 spiro atoms. The summed E-state index contributed by atoms with van der Waals surface area (Å²) in [4.78, 5) is 44.9. The van der Waals surface area contributed by atoms with Gasteiger partial charge >= 0.3 is 0 Å². The van der Waals surface area contributed by atoms with E-state index in [0.29, 0.717) is 61.1 Å². The maximum absolute atomic E-state index is 13.2. The standard InChI is InChI=1S/C27H32ClN5O3/c28-22-6-2-5-20(17-22)25(34)30-23-18-21(27(36)32-11-9-29-10-12-32)7-8-24(23)31-13-15-33(16-14-31)26(35)19-3-1-4-19/h2,5-8,17-19,29H,1,3-4,9-16H2,(H,30,34). The molecule has 9 heteroatoms. The van der Waals surface area contributed by atoms with Gasteiger partial charge in [-0.25, -0.2) is 0 Å². The molecule has 2 saturated heterocycles. The lowest BCUT2D eigenvalue weighted by Crippen LogP contribution is -2.51. The number of nitrogens with zero attached hydrogens (tertiary/aromatic N) is 3. The van der Waals surface area contributed by atoms with Gasteiger partial charge < -0.3 is 25.3 Å². The van der Waals surface area contributed by atoms with Crippen molar-refractivity contribution in [1.29, 1.82) is 0 Å². The first-order valence-electron chi connectivity index (χ1n) is 12.7. The van der Waals surface area contributed by atoms with Crippen molar-refractivity contribution in [2.24, 2.45) is 5.92 Å². The molecule has 0 unspecified atom stereocenters. The van der Waals surface area contributed by atoms with Crippen LogP contribution in [-0.2, 0) is 4.79 Å². The van der Waals surface area contributed by atoms with Crippen molar-refractivity contribution in [3.05, 3.63) is 58.6 Å². The van der Waals surface area contributed by atoms with Crippen LogP contribution in [0.4, 0.5) is 11.4 Å². The molecule has 5 rings (SSSR count). The molecule has 3 aliphatic rings. The van der Waals surface area contributed by atoms with E-state index in [0.717, 1.165) is 38.0 Å². The molecule has 3 amide bonds. The van der Waals surface area contributed by atoms with E-state index >= 15 is 0 Å². The Kier molecular flexibility index (Phi) is 7.43. The molecule has 1 saturated carbocycles. The van der Waals surface area contributed by atoms with Crippen molar-refractivity contribution < 1.29 is 14.4 Å². The molecule has 1 aliphatic carbocycles. The van der Waals surface area contributed by atoms with Gasteiger partial charge in [-0.05, 0) is 49.2 Å². The molecule has 0 bridgehead atoms. The molecular weight excluding hydrogens is 478 g/mol. The summed E-state index contributed by atoms with van der Waals surface area (Å²) in [6, 6.07) is 12.3. The Hall–Kier alpha value is -3.10. The van der Waals surface area contributed by atoms with Crippen LogP contribution in [0.2, 0.25) is 5.02 Å². The van der Waals surface area contributed by atoms with E-state index in [9.17, 15) is 14.4 Å². The number of nitrogens with one attached hydrogen (secondary N) is 2. The molecule has 2 aliphatic heterocycles. The van der Waals surface area contributed by atoms with Gasteiger partial charge in [0.05, 0.1) is 11.4 Å². The highest BCUT2D eigenvalue weighted by Gasteiger charge is 2.32. The maximum atomic E-state index is 13.2. The van der Waals surface area contributed by atoms with Crippen LogP contribution in [0.3, 0.4) is 0 Å². The van der Waals surface area contributed by atoms with Gasteiger partial charge in [-0.2, -0.15) is 0 Å². The lowest BCUT2D eigenvalue weighted by molar-refractivity contribution is -0.138. The summed E-state index contributed by atoms with van der Waals surface area (Å²) < 4.78 is 0. The minimum Gasteiger partial charge on any atom is -0.366 e. The minimum atomic E-state index is -0.288. The Balaban J connectivity index is 1.37. The summed E-state index contributed by atoms with van der Waals surface area (Å²) in [6.45, 7) is 5.49. The lowest BCUT2D eigenvalue weighted by atomic mass is 9.84. The third-order valence-corrected chi connectivity index (χ3v) is 7.60. The summed E-state index contributed by atoms with van der Waals surface area (Å²) >= 11 is 6.10. The summed E-state index contributed by atoms with van der Waals surface area (Å²) in [5.74, 6) is 0.133. The molecular formula is C27H32ClN5O3. The van der Waals surface area contributed by atoms with Crippen molar-refractivity contribution >= 4 is 40.7 Å². The van der Waals surface area contributed by atoms with Gasteiger partial charge in [0.15, 0.2) is 0 Å². The molecule has 0 aromatic heterocycles. The fourth-order valence-corrected chi connectivity index (χ4v) is 5.19. The molecule has 190 valence electrons. The van der Waals surface area contributed by atoms with Gasteiger partial charge in [0.1, 0.15) is 0 Å². The largest absolute Gasteiger partial charge is 0.366 e. The van der Waals surface area contributed by atoms with Gasteiger partial charge in [-0.1, -0.05) is 24.1 Å². The zero-order valence-electron chi connectivity index (χ0n) is 20.3. The normalized spacial score (nSPS) is 18.5. The number of carbonyl (C=O) groups is 3. The Morgan fingerprint density at radius 2 is 1.61 bits per heavy atom. The summed E-state index contributed by atoms with van der Waals surface area (Å²) in [5.41, 5.74) is 2.42. The summed E-state index contributed by atoms with van der Waals surface area (Å²) in [5, 5.41) is 6.76. The zero-order valence-corrected chi connectivity index (χ0v) is 21.1. The molecule has 2 aromatic carbocycles. The number of carbonyl (C=O) groups excluding carboxylic acids is 3. The molecule has 2 aromatic rings. The number of anilines is 2. The summed E-state index contributed by atoms with van der Waals surface area (Å²) in [7, 11) is 0. The third kappa shape index (κ3) is 5.34. The van der Waals surface area contributed by atoms with E-state index in [2.05, 4.69) is 15.5 Å². The number of hydrogen-bond acceptors (Lipinski definition) is 5. The topological polar surface area (TPSA) is 85.0 Å². The van der Waals surface area contributed by atoms with Crippen LogP contribution in [-0.4, -0.2) is 79.9 Å². The molecule has 2 N–H and O–H groups in total. The van der Waals surface area contributed by atoms with Gasteiger partial charge in [0, 0.05) is 74.4 Å². The SMILES string of the molecule is O=C(Nc1cc(C(=O)N2CCNCC2)ccc1N1CCN(C(=O)C2CCC2)CC1)c1cccc(Cl)c1. The van der Waals surface area contributed by atoms with E-state index in [4.69, 9.17) is 11.6 Å². The van der Waals surface area contributed by atoms with Crippen LogP contribution in [0.5, 0.6) is 0 Å². The predicted octanol–water partition coefficient (Wildman–Crippen LogP) is 3.09. The molecule has 0 atom stereocenters. The highest BCUT2D eigenvalue weighted by Crippen LogP contribution is 2.32. The molecule has 3 fully saturated rings. The smallest absolute Gasteiger partial charge is 0.255 e. The van der Waals surface area contributed by atoms with E-state index in [1.165, 1.54) is 0 Å². The second kappa shape index (κ2) is 10.9. The number of hydrogen-bond donors (Lipinski definition) is 2. The second-order valence-corrected chi connectivity index (χ2v) is 10.1. The first-order chi connectivity index (χ1) is 17.5. The van der Waals surface area contributed by atoms with Crippen molar-refractivity contribution in [2.75, 3.05) is 62.6 Å². The second-order valence-electron chi connectivity index (χ2n) is 9.68. The highest BCUT2D eigenvalue weighted by atomic mass is 35.5. The quantitative estimate of drug-likeness (QED) is 0.647. The van der Waals surface area contributed by atoms with Gasteiger partial charge in [0.2, 0.25) is 5.91 Å². The Labute approximate surface area is 216 Å². The average molecular weight is 510 g/mol. The molecule has 8 nitrogen and oxygen atoms in total. The van der Waals surface area contributed by atoms with Crippen molar-refractivity contribution in [2.45, 2.75) is 19.3 Å². The minimum absolute atomic E-state index is 0.0442. The first-order valence-corrected chi connectivity index (χ1v) is 13.1. The van der Waals surface area contributed by atoms with Gasteiger partial charge in [-0.3, -0.25) is 14.4 Å². The van der Waals surface area contributed by atoms with E-state index in [1.807, 2.05) is 21.9 Å². The highest BCUT2D eigenvalue weighted by molar-refractivity contribution is 6.31. The van der Waals surface area contributed by atoms with Crippen molar-refractivity contribution in [3.63, 3.8) is 0 Å². The number of benzene rings is 2. The Morgan fingerprint density at radius 3 is 2.28 bits per heavy atom. The monoisotopic (exact) mass is 509 g/mol. The van der Waals surface area contributed by atoms with Crippen molar-refractivity contribution in [3.8, 4) is 0 Å². The van der Waals surface area contributed by atoms with Crippen LogP contribution in [0, 0.1) is 5.92 Å². The number of rotatable bonds is 5. The van der Waals surface area contributed by atoms with E-state index in [1.54, 1.807) is 30.3 Å². The molecule has 36 heavy (non-hydrogen) atoms. The van der Waals surface area contributed by atoms with Gasteiger partial charge in [0.25, 0.3) is 11.8 Å². The Bertz CT molecular complexity index is 1140.